The molecule has 3 aromatic rings. The second-order valence-corrected chi connectivity index (χ2v) is 9.74. The number of aryl methyl sites for hydroxylation is 2. The van der Waals surface area contributed by atoms with Crippen molar-refractivity contribution in [1.29, 1.82) is 0 Å². The fraction of sp³-hybridized carbons (Fsp3) is 0.348. The lowest BCUT2D eigenvalue weighted by molar-refractivity contribution is 0.340. The van der Waals surface area contributed by atoms with E-state index >= 15 is 0 Å². The number of sulfonamides is 1. The van der Waals surface area contributed by atoms with Crippen LogP contribution >= 0.6 is 0 Å². The van der Waals surface area contributed by atoms with Gasteiger partial charge < -0.3 is 15.0 Å². The second-order valence-electron chi connectivity index (χ2n) is 7.80. The van der Waals surface area contributed by atoms with Gasteiger partial charge in [0.1, 0.15) is 29.0 Å². The zero-order valence-corrected chi connectivity index (χ0v) is 19.8. The molecule has 1 aliphatic rings. The summed E-state index contributed by atoms with van der Waals surface area (Å²) in [6.07, 6.45) is 1.75. The van der Waals surface area contributed by atoms with Crippen LogP contribution in [0.3, 0.4) is 0 Å². The molecule has 1 fully saturated rings. The van der Waals surface area contributed by atoms with Crippen molar-refractivity contribution in [3.05, 3.63) is 60.0 Å². The van der Waals surface area contributed by atoms with Crippen LogP contribution < -0.4 is 15.0 Å². The monoisotopic (exact) mass is 468 g/mol. The van der Waals surface area contributed by atoms with Crippen molar-refractivity contribution in [2.75, 3.05) is 43.0 Å². The quantitative estimate of drug-likeness (QED) is 0.564. The summed E-state index contributed by atoms with van der Waals surface area (Å²) in [5.41, 5.74) is 1.10. The van der Waals surface area contributed by atoms with Gasteiger partial charge in [-0.1, -0.05) is 0 Å². The molecular weight excluding hydrogens is 440 g/mol. The van der Waals surface area contributed by atoms with E-state index in [0.29, 0.717) is 56.0 Å². The molecule has 1 aliphatic heterocycles. The third-order valence-corrected chi connectivity index (χ3v) is 7.24. The van der Waals surface area contributed by atoms with E-state index in [4.69, 9.17) is 4.74 Å². The fourth-order valence-corrected chi connectivity index (χ4v) is 5.12. The number of piperazine rings is 1. The molecule has 9 nitrogen and oxygen atoms in total. The summed E-state index contributed by atoms with van der Waals surface area (Å²) in [5.74, 6) is 3.42. The van der Waals surface area contributed by atoms with Crippen LogP contribution in [0.1, 0.15) is 18.3 Å². The number of benzene rings is 1. The maximum Gasteiger partial charge on any atom is 0.243 e. The highest BCUT2D eigenvalue weighted by Crippen LogP contribution is 2.24. The van der Waals surface area contributed by atoms with E-state index in [9.17, 15) is 8.42 Å². The van der Waals surface area contributed by atoms with Crippen molar-refractivity contribution in [3.8, 4) is 5.75 Å². The molecule has 0 bridgehead atoms. The van der Waals surface area contributed by atoms with Gasteiger partial charge in [-0.05, 0) is 62.7 Å². The van der Waals surface area contributed by atoms with Gasteiger partial charge in [0.15, 0.2) is 0 Å². The molecule has 1 aromatic carbocycles. The zero-order chi connectivity index (χ0) is 23.4. The highest BCUT2D eigenvalue weighted by molar-refractivity contribution is 7.89. The third-order valence-electron chi connectivity index (χ3n) is 5.33. The van der Waals surface area contributed by atoms with E-state index in [-0.39, 0.29) is 4.90 Å². The normalized spacial score (nSPS) is 14.8. The predicted octanol–water partition coefficient (Wildman–Crippen LogP) is 3.14. The van der Waals surface area contributed by atoms with Gasteiger partial charge in [-0.15, -0.1) is 0 Å². The molecule has 2 aromatic heterocycles. The van der Waals surface area contributed by atoms with E-state index in [0.717, 1.165) is 11.4 Å². The van der Waals surface area contributed by atoms with Crippen molar-refractivity contribution >= 4 is 27.5 Å². The Hall–Kier alpha value is -3.24. The van der Waals surface area contributed by atoms with E-state index in [1.54, 1.807) is 30.5 Å². The van der Waals surface area contributed by atoms with E-state index in [1.807, 2.05) is 39.0 Å². The van der Waals surface area contributed by atoms with Crippen molar-refractivity contribution in [2.24, 2.45) is 0 Å². The molecule has 10 heteroatoms. The number of anilines is 3. The van der Waals surface area contributed by atoms with Gasteiger partial charge in [0.05, 0.1) is 11.5 Å². The Labute approximate surface area is 194 Å². The molecule has 0 atom stereocenters. The lowest BCUT2D eigenvalue weighted by atomic mass is 10.3. The molecule has 0 amide bonds. The fourth-order valence-electron chi connectivity index (χ4n) is 3.69. The molecule has 1 saturated heterocycles. The predicted molar refractivity (Wildman–Crippen MR) is 128 cm³/mol. The third kappa shape index (κ3) is 5.40. The summed E-state index contributed by atoms with van der Waals surface area (Å²) < 4.78 is 33.1. The smallest absolute Gasteiger partial charge is 0.243 e. The summed E-state index contributed by atoms with van der Waals surface area (Å²) >= 11 is 0. The minimum atomic E-state index is -3.56. The number of rotatable bonds is 7. The SMILES string of the molecule is CCOc1ccc(S(=O)(=O)N2CCN(c3cc(Nc4cc(C)ccn4)nc(C)n3)CC2)cc1. The molecule has 0 saturated carbocycles. The first-order chi connectivity index (χ1) is 15.8. The molecule has 33 heavy (non-hydrogen) atoms. The molecule has 3 heterocycles. The Bertz CT molecular complexity index is 1210. The van der Waals surface area contributed by atoms with E-state index < -0.39 is 10.0 Å². The minimum Gasteiger partial charge on any atom is -0.494 e. The largest absolute Gasteiger partial charge is 0.494 e. The molecule has 0 unspecified atom stereocenters. The number of hydrogen-bond acceptors (Lipinski definition) is 8. The summed E-state index contributed by atoms with van der Waals surface area (Å²) in [4.78, 5) is 15.7. The van der Waals surface area contributed by atoms with Gasteiger partial charge in [0.25, 0.3) is 0 Å². The molecular formula is C23H28N6O3S. The average molecular weight is 469 g/mol. The maximum absolute atomic E-state index is 13.1. The summed E-state index contributed by atoms with van der Waals surface area (Å²) in [7, 11) is -3.56. The van der Waals surface area contributed by atoms with Gasteiger partial charge in [0, 0.05) is 38.4 Å². The Morgan fingerprint density at radius 3 is 2.36 bits per heavy atom. The second kappa shape index (κ2) is 9.72. The number of nitrogens with one attached hydrogen (secondary N) is 1. The molecule has 4 rings (SSSR count). The van der Waals surface area contributed by atoms with Crippen LogP contribution in [-0.2, 0) is 10.0 Å². The first-order valence-corrected chi connectivity index (χ1v) is 12.3. The zero-order valence-electron chi connectivity index (χ0n) is 19.0. The summed E-state index contributed by atoms with van der Waals surface area (Å²) in [6, 6.07) is 12.3. The molecule has 0 spiro atoms. The van der Waals surface area contributed by atoms with Crippen LogP contribution in [0.25, 0.3) is 0 Å². The number of nitrogens with zero attached hydrogens (tertiary/aromatic N) is 5. The maximum atomic E-state index is 13.1. The van der Waals surface area contributed by atoms with Crippen molar-refractivity contribution in [2.45, 2.75) is 25.7 Å². The lowest BCUT2D eigenvalue weighted by Gasteiger charge is -2.34. The van der Waals surface area contributed by atoms with Crippen LogP contribution in [0.4, 0.5) is 17.5 Å². The Balaban J connectivity index is 1.44. The van der Waals surface area contributed by atoms with Crippen LogP contribution in [0.15, 0.2) is 53.6 Å². The minimum absolute atomic E-state index is 0.273. The van der Waals surface area contributed by atoms with Crippen LogP contribution in [-0.4, -0.2) is 60.5 Å². The van der Waals surface area contributed by atoms with Crippen molar-refractivity contribution < 1.29 is 13.2 Å². The molecule has 0 radical (unpaired) electrons. The topological polar surface area (TPSA) is 101 Å². The lowest BCUT2D eigenvalue weighted by Crippen LogP contribution is -2.49. The van der Waals surface area contributed by atoms with Crippen LogP contribution in [0, 0.1) is 13.8 Å². The number of aromatic nitrogens is 3. The van der Waals surface area contributed by atoms with E-state index in [2.05, 4.69) is 25.2 Å². The van der Waals surface area contributed by atoms with Gasteiger partial charge in [-0.25, -0.2) is 23.4 Å². The first kappa shape index (κ1) is 22.9. The number of hydrogen-bond donors (Lipinski definition) is 1. The number of ether oxygens (including phenoxy) is 1. The van der Waals surface area contributed by atoms with E-state index in [1.165, 1.54) is 4.31 Å². The molecule has 174 valence electrons. The average Bonchev–Trinajstić information content (AvgIpc) is 2.79. The van der Waals surface area contributed by atoms with Gasteiger partial charge in [-0.2, -0.15) is 4.31 Å². The summed E-state index contributed by atoms with van der Waals surface area (Å²) in [5, 5.41) is 3.23. The van der Waals surface area contributed by atoms with Gasteiger partial charge in [0.2, 0.25) is 10.0 Å². The van der Waals surface area contributed by atoms with Crippen molar-refractivity contribution in [1.82, 2.24) is 19.3 Å². The standard InChI is InChI=1S/C23H28N6O3S/c1-4-32-19-5-7-20(8-6-19)33(30,31)29-13-11-28(12-14-29)23-16-22(25-18(3)26-23)27-21-15-17(2)9-10-24-21/h5-10,15-16H,4,11-14H2,1-3H3,(H,24,25,26,27). The number of pyridine rings is 1. The Morgan fingerprint density at radius 2 is 1.70 bits per heavy atom. The highest BCUT2D eigenvalue weighted by atomic mass is 32.2. The van der Waals surface area contributed by atoms with Crippen LogP contribution in [0.2, 0.25) is 0 Å². The van der Waals surface area contributed by atoms with Gasteiger partial charge in [-0.3, -0.25) is 0 Å². The van der Waals surface area contributed by atoms with Crippen molar-refractivity contribution in [3.63, 3.8) is 0 Å². The highest BCUT2D eigenvalue weighted by Gasteiger charge is 2.29. The Morgan fingerprint density at radius 1 is 0.970 bits per heavy atom. The van der Waals surface area contributed by atoms with Crippen LogP contribution in [0.5, 0.6) is 5.75 Å². The summed E-state index contributed by atoms with van der Waals surface area (Å²) in [6.45, 7) is 8.09. The van der Waals surface area contributed by atoms with Gasteiger partial charge >= 0.3 is 0 Å². The first-order valence-electron chi connectivity index (χ1n) is 10.9. The molecule has 0 aliphatic carbocycles. The Kier molecular flexibility index (Phi) is 6.75. The molecule has 1 N–H and O–H groups in total.